The van der Waals surface area contributed by atoms with E-state index in [9.17, 15) is 0 Å². The van der Waals surface area contributed by atoms with E-state index in [-0.39, 0.29) is 0 Å². The molecule has 2 rings (SSSR count). The molecular formula is C18H28BrNO. The molecule has 118 valence electrons. The average Bonchev–Trinajstić information content (AvgIpc) is 2.50. The lowest BCUT2D eigenvalue weighted by molar-refractivity contribution is 0.231. The van der Waals surface area contributed by atoms with Crippen molar-refractivity contribution in [2.75, 3.05) is 13.7 Å². The van der Waals surface area contributed by atoms with Gasteiger partial charge < -0.3 is 10.1 Å². The third-order valence-electron chi connectivity index (χ3n) is 4.69. The minimum Gasteiger partial charge on any atom is -0.497 e. The summed E-state index contributed by atoms with van der Waals surface area (Å²) in [5.41, 5.74) is 1.38. The SMILES string of the molecule is CCCNC(c1ccc(OC)cc1Br)C1CCC(C)CC1. The zero-order valence-electron chi connectivity index (χ0n) is 13.5. The molecule has 0 heterocycles. The van der Waals surface area contributed by atoms with Crippen LogP contribution in [0.2, 0.25) is 0 Å². The van der Waals surface area contributed by atoms with Crippen LogP contribution in [-0.4, -0.2) is 13.7 Å². The highest BCUT2D eigenvalue weighted by molar-refractivity contribution is 9.10. The molecular weight excluding hydrogens is 326 g/mol. The molecule has 0 aliphatic heterocycles. The summed E-state index contributed by atoms with van der Waals surface area (Å²) in [6, 6.07) is 6.83. The Labute approximate surface area is 137 Å². The Hall–Kier alpha value is -0.540. The maximum Gasteiger partial charge on any atom is 0.120 e. The van der Waals surface area contributed by atoms with E-state index in [4.69, 9.17) is 4.74 Å². The van der Waals surface area contributed by atoms with Gasteiger partial charge >= 0.3 is 0 Å². The Kier molecular flexibility index (Phi) is 6.56. The van der Waals surface area contributed by atoms with Crippen LogP contribution >= 0.6 is 15.9 Å². The van der Waals surface area contributed by atoms with Gasteiger partial charge in [-0.3, -0.25) is 0 Å². The molecule has 2 nitrogen and oxygen atoms in total. The second-order valence-corrected chi connectivity index (χ2v) is 7.19. The molecule has 1 aliphatic carbocycles. The van der Waals surface area contributed by atoms with Crippen molar-refractivity contribution < 1.29 is 4.74 Å². The maximum absolute atomic E-state index is 5.32. The average molecular weight is 354 g/mol. The first-order valence-corrected chi connectivity index (χ1v) is 9.01. The van der Waals surface area contributed by atoms with Crippen molar-refractivity contribution in [2.45, 2.75) is 52.0 Å². The predicted molar refractivity (Wildman–Crippen MR) is 92.9 cm³/mol. The van der Waals surface area contributed by atoms with Crippen LogP contribution in [0.25, 0.3) is 0 Å². The van der Waals surface area contributed by atoms with Crippen molar-refractivity contribution in [1.29, 1.82) is 0 Å². The molecule has 1 fully saturated rings. The van der Waals surface area contributed by atoms with Crippen molar-refractivity contribution in [1.82, 2.24) is 5.32 Å². The molecule has 1 aromatic rings. The van der Waals surface area contributed by atoms with E-state index in [0.29, 0.717) is 6.04 Å². The van der Waals surface area contributed by atoms with Crippen LogP contribution in [-0.2, 0) is 0 Å². The van der Waals surface area contributed by atoms with Gasteiger partial charge in [0.05, 0.1) is 7.11 Å². The topological polar surface area (TPSA) is 21.3 Å². The monoisotopic (exact) mass is 353 g/mol. The normalized spacial score (nSPS) is 23.8. The Balaban J connectivity index is 2.18. The smallest absolute Gasteiger partial charge is 0.120 e. The predicted octanol–water partition coefficient (Wildman–Crippen LogP) is 5.32. The minimum absolute atomic E-state index is 0.456. The van der Waals surface area contributed by atoms with Crippen LogP contribution in [0, 0.1) is 11.8 Å². The summed E-state index contributed by atoms with van der Waals surface area (Å²) in [5, 5.41) is 3.78. The zero-order valence-corrected chi connectivity index (χ0v) is 15.1. The second-order valence-electron chi connectivity index (χ2n) is 6.34. The van der Waals surface area contributed by atoms with Crippen LogP contribution in [0.5, 0.6) is 5.75 Å². The Bertz CT molecular complexity index is 441. The molecule has 0 saturated heterocycles. The summed E-state index contributed by atoms with van der Waals surface area (Å²) < 4.78 is 6.48. The zero-order chi connectivity index (χ0) is 15.2. The van der Waals surface area contributed by atoms with E-state index in [1.54, 1.807) is 7.11 Å². The number of ether oxygens (including phenoxy) is 1. The first-order valence-electron chi connectivity index (χ1n) is 8.22. The van der Waals surface area contributed by atoms with E-state index in [1.807, 2.05) is 0 Å². The van der Waals surface area contributed by atoms with Gasteiger partial charge in [0.1, 0.15) is 5.75 Å². The van der Waals surface area contributed by atoms with Crippen LogP contribution in [0.1, 0.15) is 57.6 Å². The highest BCUT2D eigenvalue weighted by Crippen LogP contribution is 2.39. The van der Waals surface area contributed by atoms with Gasteiger partial charge in [0.2, 0.25) is 0 Å². The molecule has 0 aromatic heterocycles. The van der Waals surface area contributed by atoms with Gasteiger partial charge in [0.25, 0.3) is 0 Å². The fraction of sp³-hybridized carbons (Fsp3) is 0.667. The largest absolute Gasteiger partial charge is 0.497 e. The summed E-state index contributed by atoms with van der Waals surface area (Å²) in [6.45, 7) is 5.69. The molecule has 0 bridgehead atoms. The van der Waals surface area contributed by atoms with Gasteiger partial charge in [-0.1, -0.05) is 48.7 Å². The van der Waals surface area contributed by atoms with Gasteiger partial charge in [-0.2, -0.15) is 0 Å². The third kappa shape index (κ3) is 4.46. The van der Waals surface area contributed by atoms with Crippen molar-refractivity contribution in [3.05, 3.63) is 28.2 Å². The molecule has 1 unspecified atom stereocenters. The van der Waals surface area contributed by atoms with Crippen molar-refractivity contribution in [3.63, 3.8) is 0 Å². The summed E-state index contributed by atoms with van der Waals surface area (Å²) in [7, 11) is 1.72. The first kappa shape index (κ1) is 16.8. The van der Waals surface area contributed by atoms with Crippen LogP contribution in [0.15, 0.2) is 22.7 Å². The molecule has 1 atom stereocenters. The van der Waals surface area contributed by atoms with Gasteiger partial charge in [0.15, 0.2) is 0 Å². The van der Waals surface area contributed by atoms with E-state index in [2.05, 4.69) is 53.3 Å². The quantitative estimate of drug-likeness (QED) is 0.746. The van der Waals surface area contributed by atoms with E-state index in [0.717, 1.165) is 28.6 Å². The Morgan fingerprint density at radius 3 is 2.57 bits per heavy atom. The van der Waals surface area contributed by atoms with Crippen LogP contribution in [0.4, 0.5) is 0 Å². The number of nitrogens with one attached hydrogen (secondary N) is 1. The van der Waals surface area contributed by atoms with E-state index < -0.39 is 0 Å². The van der Waals surface area contributed by atoms with Gasteiger partial charge in [-0.15, -0.1) is 0 Å². The number of rotatable bonds is 6. The number of hydrogen-bond donors (Lipinski definition) is 1. The number of halogens is 1. The van der Waals surface area contributed by atoms with E-state index in [1.165, 1.54) is 37.7 Å². The molecule has 1 saturated carbocycles. The molecule has 3 heteroatoms. The van der Waals surface area contributed by atoms with Crippen LogP contribution in [0.3, 0.4) is 0 Å². The molecule has 0 spiro atoms. The molecule has 1 N–H and O–H groups in total. The summed E-state index contributed by atoms with van der Waals surface area (Å²) >= 11 is 3.74. The Morgan fingerprint density at radius 2 is 2.00 bits per heavy atom. The van der Waals surface area contributed by atoms with Gasteiger partial charge in [-0.25, -0.2) is 0 Å². The standard InChI is InChI=1S/C18H28BrNO/c1-4-11-20-18(14-7-5-13(2)6-8-14)16-10-9-15(21-3)12-17(16)19/h9-10,12-14,18,20H,4-8,11H2,1-3H3. The second kappa shape index (κ2) is 8.19. The molecule has 0 amide bonds. The molecule has 0 radical (unpaired) electrons. The lowest BCUT2D eigenvalue weighted by atomic mass is 9.77. The summed E-state index contributed by atoms with van der Waals surface area (Å²) in [5.74, 6) is 2.56. The molecule has 1 aliphatic rings. The number of methoxy groups -OCH3 is 1. The fourth-order valence-electron chi connectivity index (χ4n) is 3.34. The number of benzene rings is 1. The highest BCUT2D eigenvalue weighted by atomic mass is 79.9. The van der Waals surface area contributed by atoms with Crippen LogP contribution < -0.4 is 10.1 Å². The fourth-order valence-corrected chi connectivity index (χ4v) is 3.94. The summed E-state index contributed by atoms with van der Waals surface area (Å²) in [4.78, 5) is 0. The van der Waals surface area contributed by atoms with Crippen molar-refractivity contribution >= 4 is 15.9 Å². The summed E-state index contributed by atoms with van der Waals surface area (Å²) in [6.07, 6.45) is 6.57. The highest BCUT2D eigenvalue weighted by Gasteiger charge is 2.28. The lowest BCUT2D eigenvalue weighted by Crippen LogP contribution is -2.31. The Morgan fingerprint density at radius 1 is 1.29 bits per heavy atom. The minimum atomic E-state index is 0.456. The van der Waals surface area contributed by atoms with Crippen molar-refractivity contribution in [2.24, 2.45) is 11.8 Å². The lowest BCUT2D eigenvalue weighted by Gasteiger charge is -2.34. The van der Waals surface area contributed by atoms with E-state index >= 15 is 0 Å². The maximum atomic E-state index is 5.32. The molecule has 1 aromatic carbocycles. The van der Waals surface area contributed by atoms with Gasteiger partial charge in [0, 0.05) is 10.5 Å². The van der Waals surface area contributed by atoms with Crippen molar-refractivity contribution in [3.8, 4) is 5.75 Å². The van der Waals surface area contributed by atoms with Gasteiger partial charge in [-0.05, 0) is 55.3 Å². The molecule has 21 heavy (non-hydrogen) atoms. The third-order valence-corrected chi connectivity index (χ3v) is 5.38. The first-order chi connectivity index (χ1) is 10.2. The number of hydrogen-bond acceptors (Lipinski definition) is 2.